The second kappa shape index (κ2) is 8.71. The van der Waals surface area contributed by atoms with Crippen molar-refractivity contribution in [2.24, 2.45) is 0 Å². The van der Waals surface area contributed by atoms with Gasteiger partial charge >= 0.3 is 0 Å². The molecule has 0 unspecified atom stereocenters. The lowest BCUT2D eigenvalue weighted by atomic mass is 10.3. The maximum atomic E-state index is 5.80. The number of ether oxygens (including phenoxy) is 2. The van der Waals surface area contributed by atoms with Crippen molar-refractivity contribution in [2.45, 2.75) is 0 Å². The van der Waals surface area contributed by atoms with E-state index in [0.29, 0.717) is 11.8 Å². The number of methoxy groups -OCH3 is 1. The molecule has 1 aromatic heterocycles. The molecule has 1 heterocycles. The monoisotopic (exact) mass is 385 g/mol. The number of hydrogen-bond acceptors (Lipinski definition) is 7. The largest absolute Gasteiger partial charge is 0.497 e. The van der Waals surface area contributed by atoms with Gasteiger partial charge in [0.1, 0.15) is 17.2 Å². The van der Waals surface area contributed by atoms with Crippen molar-refractivity contribution >= 4 is 23.1 Å². The van der Waals surface area contributed by atoms with Crippen molar-refractivity contribution in [3.05, 3.63) is 85.1 Å². The van der Waals surface area contributed by atoms with Gasteiger partial charge in [0, 0.05) is 11.4 Å². The summed E-state index contributed by atoms with van der Waals surface area (Å²) >= 11 is 0. The van der Waals surface area contributed by atoms with Gasteiger partial charge in [-0.15, -0.1) is 5.10 Å². The predicted octanol–water partition coefficient (Wildman–Crippen LogP) is 5.16. The summed E-state index contributed by atoms with van der Waals surface area (Å²) in [5.41, 5.74) is 1.70. The van der Waals surface area contributed by atoms with Crippen molar-refractivity contribution in [2.75, 3.05) is 17.7 Å². The van der Waals surface area contributed by atoms with Gasteiger partial charge in [0.05, 0.1) is 13.3 Å². The molecule has 0 aliphatic heterocycles. The van der Waals surface area contributed by atoms with Crippen LogP contribution < -0.4 is 20.1 Å². The lowest BCUT2D eigenvalue weighted by Gasteiger charge is -2.09. The number of nitrogens with zero attached hydrogens (tertiary/aromatic N) is 3. The summed E-state index contributed by atoms with van der Waals surface area (Å²) in [6, 6.07) is 24.7. The van der Waals surface area contributed by atoms with E-state index in [1.807, 2.05) is 78.9 Å². The smallest absolute Gasteiger partial charge is 0.249 e. The third-order valence-corrected chi connectivity index (χ3v) is 4.01. The molecule has 0 amide bonds. The van der Waals surface area contributed by atoms with E-state index in [0.717, 1.165) is 28.6 Å². The van der Waals surface area contributed by atoms with Crippen LogP contribution in [-0.2, 0) is 0 Å². The Morgan fingerprint density at radius 2 is 1.31 bits per heavy atom. The Bertz CT molecular complexity index is 1050. The molecule has 0 bridgehead atoms. The zero-order chi connectivity index (χ0) is 19.9. The van der Waals surface area contributed by atoms with E-state index in [1.54, 1.807) is 13.3 Å². The fourth-order valence-electron chi connectivity index (χ4n) is 2.60. The molecule has 0 saturated heterocycles. The van der Waals surface area contributed by atoms with Crippen molar-refractivity contribution in [3.8, 4) is 17.2 Å². The zero-order valence-electron chi connectivity index (χ0n) is 15.7. The number of para-hydroxylation sites is 1. The van der Waals surface area contributed by atoms with E-state index < -0.39 is 0 Å². The Morgan fingerprint density at radius 3 is 2.00 bits per heavy atom. The Hall–Kier alpha value is -4.13. The van der Waals surface area contributed by atoms with Gasteiger partial charge in [-0.25, -0.2) is 0 Å². The third-order valence-electron chi connectivity index (χ3n) is 4.01. The van der Waals surface area contributed by atoms with E-state index >= 15 is 0 Å². The molecule has 3 aromatic carbocycles. The number of rotatable bonds is 7. The van der Waals surface area contributed by atoms with Crippen LogP contribution in [0.3, 0.4) is 0 Å². The fourth-order valence-corrected chi connectivity index (χ4v) is 2.60. The topological polar surface area (TPSA) is 81.2 Å². The first kappa shape index (κ1) is 18.2. The van der Waals surface area contributed by atoms with Crippen molar-refractivity contribution in [1.29, 1.82) is 0 Å². The average Bonchev–Trinajstić information content (AvgIpc) is 2.77. The SMILES string of the molecule is COc1ccc(Nc2cnnc(Nc3ccc(Oc4ccccc4)cc3)n2)cc1. The van der Waals surface area contributed by atoms with Gasteiger partial charge < -0.3 is 20.1 Å². The van der Waals surface area contributed by atoms with Crippen LogP contribution in [0.25, 0.3) is 0 Å². The summed E-state index contributed by atoms with van der Waals surface area (Å²) in [5.74, 6) is 3.30. The summed E-state index contributed by atoms with van der Waals surface area (Å²) in [6.07, 6.45) is 1.56. The maximum absolute atomic E-state index is 5.80. The molecule has 0 atom stereocenters. The van der Waals surface area contributed by atoms with Crippen LogP contribution in [0.15, 0.2) is 85.1 Å². The highest BCUT2D eigenvalue weighted by Gasteiger charge is 2.04. The molecule has 0 spiro atoms. The summed E-state index contributed by atoms with van der Waals surface area (Å²) in [4.78, 5) is 4.44. The van der Waals surface area contributed by atoms with E-state index in [2.05, 4.69) is 25.8 Å². The Morgan fingerprint density at radius 1 is 0.690 bits per heavy atom. The second-order valence-corrected chi connectivity index (χ2v) is 6.08. The fraction of sp³-hybridized carbons (Fsp3) is 0.0455. The van der Waals surface area contributed by atoms with Gasteiger partial charge in [0.25, 0.3) is 0 Å². The second-order valence-electron chi connectivity index (χ2n) is 6.08. The summed E-state index contributed by atoms with van der Waals surface area (Å²) in [7, 11) is 1.63. The van der Waals surface area contributed by atoms with Gasteiger partial charge in [0.2, 0.25) is 5.95 Å². The van der Waals surface area contributed by atoms with Crippen LogP contribution in [-0.4, -0.2) is 22.3 Å². The molecule has 2 N–H and O–H groups in total. The predicted molar refractivity (Wildman–Crippen MR) is 112 cm³/mol. The summed E-state index contributed by atoms with van der Waals surface area (Å²) in [5, 5.41) is 14.4. The number of anilines is 4. The molecule has 7 nitrogen and oxygen atoms in total. The van der Waals surface area contributed by atoms with E-state index in [4.69, 9.17) is 9.47 Å². The van der Waals surface area contributed by atoms with Crippen LogP contribution in [0.1, 0.15) is 0 Å². The highest BCUT2D eigenvalue weighted by atomic mass is 16.5. The van der Waals surface area contributed by atoms with Crippen LogP contribution in [0, 0.1) is 0 Å². The van der Waals surface area contributed by atoms with Gasteiger partial charge in [-0.3, -0.25) is 0 Å². The summed E-state index contributed by atoms with van der Waals surface area (Å²) in [6.45, 7) is 0. The third kappa shape index (κ3) is 4.98. The number of hydrogen-bond donors (Lipinski definition) is 2. The van der Waals surface area contributed by atoms with E-state index in [1.165, 1.54) is 0 Å². The first-order valence-corrected chi connectivity index (χ1v) is 8.99. The number of nitrogens with one attached hydrogen (secondary N) is 2. The first-order valence-electron chi connectivity index (χ1n) is 8.99. The normalized spacial score (nSPS) is 10.2. The molecule has 0 aliphatic rings. The van der Waals surface area contributed by atoms with E-state index in [9.17, 15) is 0 Å². The molecule has 4 rings (SSSR count). The van der Waals surface area contributed by atoms with Gasteiger partial charge in [-0.05, 0) is 60.7 Å². The van der Waals surface area contributed by atoms with Crippen LogP contribution in [0.4, 0.5) is 23.1 Å². The molecule has 0 radical (unpaired) electrons. The summed E-state index contributed by atoms with van der Waals surface area (Å²) < 4.78 is 11.0. The molecule has 0 aliphatic carbocycles. The highest BCUT2D eigenvalue weighted by molar-refractivity contribution is 5.59. The number of aromatic nitrogens is 3. The first-order chi connectivity index (χ1) is 14.3. The molecular weight excluding hydrogens is 366 g/mol. The van der Waals surface area contributed by atoms with Crippen molar-refractivity contribution in [3.63, 3.8) is 0 Å². The van der Waals surface area contributed by atoms with Gasteiger partial charge in [-0.2, -0.15) is 10.1 Å². The molecule has 4 aromatic rings. The Kier molecular flexibility index (Phi) is 5.48. The minimum absolute atomic E-state index is 0.389. The maximum Gasteiger partial charge on any atom is 0.249 e. The Labute approximate surface area is 168 Å². The zero-order valence-corrected chi connectivity index (χ0v) is 15.7. The molecular formula is C22H19N5O2. The quantitative estimate of drug-likeness (QED) is 0.455. The van der Waals surface area contributed by atoms with Crippen LogP contribution in [0.2, 0.25) is 0 Å². The minimum atomic E-state index is 0.389. The average molecular weight is 385 g/mol. The lowest BCUT2D eigenvalue weighted by molar-refractivity contribution is 0.415. The van der Waals surface area contributed by atoms with Gasteiger partial charge in [-0.1, -0.05) is 18.2 Å². The highest BCUT2D eigenvalue weighted by Crippen LogP contribution is 2.24. The van der Waals surface area contributed by atoms with Crippen molar-refractivity contribution in [1.82, 2.24) is 15.2 Å². The lowest BCUT2D eigenvalue weighted by Crippen LogP contribution is -2.02. The molecule has 7 heteroatoms. The van der Waals surface area contributed by atoms with E-state index in [-0.39, 0.29) is 0 Å². The molecule has 0 saturated carbocycles. The standard InChI is InChI=1S/C22H19N5O2/c1-28-18-11-7-16(8-12-18)24-21-15-23-27-22(26-21)25-17-9-13-20(14-10-17)29-19-5-3-2-4-6-19/h2-15H,1H3,(H2,24,25,26,27). The molecule has 29 heavy (non-hydrogen) atoms. The van der Waals surface area contributed by atoms with Crippen LogP contribution in [0.5, 0.6) is 17.2 Å². The minimum Gasteiger partial charge on any atom is -0.497 e. The Balaban J connectivity index is 1.40. The number of benzene rings is 3. The molecule has 144 valence electrons. The van der Waals surface area contributed by atoms with Crippen LogP contribution >= 0.6 is 0 Å². The molecule has 0 fully saturated rings. The van der Waals surface area contributed by atoms with Gasteiger partial charge in [0.15, 0.2) is 5.82 Å². The van der Waals surface area contributed by atoms with Crippen molar-refractivity contribution < 1.29 is 9.47 Å².